The van der Waals surface area contributed by atoms with Crippen LogP contribution in [-0.2, 0) is 0 Å². The van der Waals surface area contributed by atoms with Crippen molar-refractivity contribution in [3.63, 3.8) is 0 Å². The van der Waals surface area contributed by atoms with Crippen LogP contribution >= 0.6 is 24.0 Å². The summed E-state index contributed by atoms with van der Waals surface area (Å²) in [6, 6.07) is 6.95. The van der Waals surface area contributed by atoms with Crippen LogP contribution in [0.1, 0.15) is 26.2 Å². The standard InChI is InChI=1S/C15H22FN3O.HI/c1-3-12(20-14-7-5-4-6-13(14)16)10-18-15(17)19(2)11-8-9-11;/h4-7,11-12H,3,8-10H2,1-2H3,(H2,17,18);1H. The molecule has 2 rings (SSSR count). The molecule has 0 aliphatic heterocycles. The van der Waals surface area contributed by atoms with E-state index < -0.39 is 0 Å². The second-order valence-electron chi connectivity index (χ2n) is 5.12. The molecular formula is C15H23FIN3O. The molecule has 21 heavy (non-hydrogen) atoms. The van der Waals surface area contributed by atoms with Crippen molar-refractivity contribution >= 4 is 29.9 Å². The van der Waals surface area contributed by atoms with E-state index in [2.05, 4.69) is 4.99 Å². The minimum absolute atomic E-state index is 0. The third kappa shape index (κ3) is 5.33. The van der Waals surface area contributed by atoms with E-state index in [4.69, 9.17) is 10.5 Å². The Labute approximate surface area is 142 Å². The number of guanidine groups is 1. The fourth-order valence-electron chi connectivity index (χ4n) is 1.93. The van der Waals surface area contributed by atoms with Crippen molar-refractivity contribution in [2.24, 2.45) is 10.7 Å². The molecule has 0 bridgehead atoms. The fraction of sp³-hybridized carbons (Fsp3) is 0.533. The van der Waals surface area contributed by atoms with Gasteiger partial charge in [-0.25, -0.2) is 9.38 Å². The number of benzene rings is 1. The first kappa shape index (κ1) is 18.0. The quantitative estimate of drug-likeness (QED) is 0.448. The lowest BCUT2D eigenvalue weighted by Crippen LogP contribution is -2.36. The number of hydrogen-bond acceptors (Lipinski definition) is 2. The summed E-state index contributed by atoms with van der Waals surface area (Å²) in [5.41, 5.74) is 5.93. The molecule has 1 atom stereocenters. The van der Waals surface area contributed by atoms with Gasteiger partial charge in [-0.15, -0.1) is 24.0 Å². The molecule has 1 aliphatic carbocycles. The van der Waals surface area contributed by atoms with E-state index >= 15 is 0 Å². The Morgan fingerprint density at radius 2 is 2.14 bits per heavy atom. The maximum Gasteiger partial charge on any atom is 0.191 e. The molecule has 0 amide bonds. The number of nitrogens with two attached hydrogens (primary N) is 1. The molecule has 0 spiro atoms. The Morgan fingerprint density at radius 3 is 2.71 bits per heavy atom. The van der Waals surface area contributed by atoms with Crippen molar-refractivity contribution in [1.29, 1.82) is 0 Å². The lowest BCUT2D eigenvalue weighted by atomic mass is 10.2. The summed E-state index contributed by atoms with van der Waals surface area (Å²) in [6.07, 6.45) is 2.93. The van der Waals surface area contributed by atoms with Crippen LogP contribution < -0.4 is 10.5 Å². The zero-order chi connectivity index (χ0) is 14.5. The Kier molecular flexibility index (Phi) is 7.21. The number of nitrogens with zero attached hydrogens (tertiary/aromatic N) is 2. The monoisotopic (exact) mass is 407 g/mol. The first-order valence-electron chi connectivity index (χ1n) is 7.05. The number of ether oxygens (including phenoxy) is 1. The van der Waals surface area contributed by atoms with Crippen LogP contribution in [-0.4, -0.2) is 36.6 Å². The predicted molar refractivity (Wildman–Crippen MR) is 93.8 cm³/mol. The molecule has 2 N–H and O–H groups in total. The minimum atomic E-state index is -0.349. The molecule has 118 valence electrons. The van der Waals surface area contributed by atoms with Gasteiger partial charge in [0.1, 0.15) is 6.10 Å². The van der Waals surface area contributed by atoms with Gasteiger partial charge in [-0.3, -0.25) is 0 Å². The zero-order valence-electron chi connectivity index (χ0n) is 12.5. The summed E-state index contributed by atoms with van der Waals surface area (Å²) in [5, 5.41) is 0. The Hall–Kier alpha value is -1.05. The van der Waals surface area contributed by atoms with Crippen molar-refractivity contribution in [2.75, 3.05) is 13.6 Å². The lowest BCUT2D eigenvalue weighted by Gasteiger charge is -2.19. The van der Waals surface area contributed by atoms with Gasteiger partial charge < -0.3 is 15.4 Å². The van der Waals surface area contributed by atoms with Crippen molar-refractivity contribution in [3.05, 3.63) is 30.1 Å². The van der Waals surface area contributed by atoms with Gasteiger partial charge in [0.25, 0.3) is 0 Å². The van der Waals surface area contributed by atoms with E-state index in [1.807, 2.05) is 18.9 Å². The van der Waals surface area contributed by atoms with E-state index in [0.717, 1.165) is 6.42 Å². The Morgan fingerprint density at radius 1 is 1.48 bits per heavy atom. The highest BCUT2D eigenvalue weighted by atomic mass is 127. The number of para-hydroxylation sites is 1. The van der Waals surface area contributed by atoms with Crippen molar-refractivity contribution < 1.29 is 9.13 Å². The third-order valence-electron chi connectivity index (χ3n) is 3.50. The molecule has 1 fully saturated rings. The fourth-order valence-corrected chi connectivity index (χ4v) is 1.93. The Bertz CT molecular complexity index is 480. The Balaban J connectivity index is 0.00000220. The summed E-state index contributed by atoms with van der Waals surface area (Å²) < 4.78 is 19.2. The topological polar surface area (TPSA) is 50.8 Å². The molecule has 6 heteroatoms. The molecule has 1 aromatic rings. The highest BCUT2D eigenvalue weighted by Gasteiger charge is 2.27. The highest BCUT2D eigenvalue weighted by Crippen LogP contribution is 2.25. The van der Waals surface area contributed by atoms with Gasteiger partial charge in [0.15, 0.2) is 17.5 Å². The number of aliphatic imine (C=N–C) groups is 1. The second-order valence-corrected chi connectivity index (χ2v) is 5.12. The average molecular weight is 407 g/mol. The summed E-state index contributed by atoms with van der Waals surface area (Å²) in [7, 11) is 1.95. The minimum Gasteiger partial charge on any atom is -0.485 e. The van der Waals surface area contributed by atoms with Crippen molar-refractivity contribution in [3.8, 4) is 5.75 Å². The maximum absolute atomic E-state index is 13.5. The van der Waals surface area contributed by atoms with Crippen LogP contribution in [0.15, 0.2) is 29.3 Å². The molecule has 0 radical (unpaired) electrons. The van der Waals surface area contributed by atoms with E-state index in [0.29, 0.717) is 18.5 Å². The van der Waals surface area contributed by atoms with Crippen LogP contribution in [0.5, 0.6) is 5.75 Å². The maximum atomic E-state index is 13.5. The van der Waals surface area contributed by atoms with Gasteiger partial charge in [-0.2, -0.15) is 0 Å². The van der Waals surface area contributed by atoms with E-state index in [1.54, 1.807) is 18.2 Å². The van der Waals surface area contributed by atoms with E-state index in [1.165, 1.54) is 18.9 Å². The van der Waals surface area contributed by atoms with Gasteiger partial charge >= 0.3 is 0 Å². The first-order chi connectivity index (χ1) is 9.61. The summed E-state index contributed by atoms with van der Waals surface area (Å²) in [6.45, 7) is 2.43. The molecule has 1 aromatic carbocycles. The van der Waals surface area contributed by atoms with Crippen LogP contribution in [0.25, 0.3) is 0 Å². The normalized spacial score (nSPS) is 16.0. The average Bonchev–Trinajstić information content (AvgIpc) is 3.28. The zero-order valence-corrected chi connectivity index (χ0v) is 14.8. The van der Waals surface area contributed by atoms with Gasteiger partial charge in [-0.05, 0) is 31.4 Å². The molecule has 1 unspecified atom stereocenters. The van der Waals surface area contributed by atoms with Crippen molar-refractivity contribution in [2.45, 2.75) is 38.3 Å². The lowest BCUT2D eigenvalue weighted by molar-refractivity contribution is 0.196. The van der Waals surface area contributed by atoms with Crippen LogP contribution in [0.2, 0.25) is 0 Å². The number of rotatable bonds is 6. The van der Waals surface area contributed by atoms with Gasteiger partial charge in [0.05, 0.1) is 6.54 Å². The predicted octanol–water partition coefficient (Wildman–Crippen LogP) is 3.01. The number of hydrogen-bond donors (Lipinski definition) is 1. The largest absolute Gasteiger partial charge is 0.485 e. The smallest absolute Gasteiger partial charge is 0.191 e. The SMILES string of the molecule is CCC(CN=C(N)N(C)C1CC1)Oc1ccccc1F.I. The summed E-state index contributed by atoms with van der Waals surface area (Å²) in [4.78, 5) is 6.35. The summed E-state index contributed by atoms with van der Waals surface area (Å²) >= 11 is 0. The molecular weight excluding hydrogens is 384 g/mol. The van der Waals surface area contributed by atoms with Gasteiger partial charge in [-0.1, -0.05) is 19.1 Å². The molecule has 1 aliphatic rings. The molecule has 1 saturated carbocycles. The summed E-state index contributed by atoms with van der Waals surface area (Å²) in [5.74, 6) is 0.449. The van der Waals surface area contributed by atoms with E-state index in [9.17, 15) is 4.39 Å². The van der Waals surface area contributed by atoms with Crippen LogP contribution in [0, 0.1) is 5.82 Å². The van der Waals surface area contributed by atoms with Crippen LogP contribution in [0.4, 0.5) is 4.39 Å². The van der Waals surface area contributed by atoms with Crippen LogP contribution in [0.3, 0.4) is 0 Å². The molecule has 0 saturated heterocycles. The van der Waals surface area contributed by atoms with Crippen molar-refractivity contribution in [1.82, 2.24) is 4.90 Å². The highest BCUT2D eigenvalue weighted by molar-refractivity contribution is 14.0. The molecule has 4 nitrogen and oxygen atoms in total. The third-order valence-corrected chi connectivity index (χ3v) is 3.50. The molecule has 0 aromatic heterocycles. The first-order valence-corrected chi connectivity index (χ1v) is 7.05. The number of halogens is 2. The van der Waals surface area contributed by atoms with E-state index in [-0.39, 0.29) is 41.6 Å². The van der Waals surface area contributed by atoms with Gasteiger partial charge in [0.2, 0.25) is 0 Å². The van der Waals surface area contributed by atoms with Gasteiger partial charge in [0, 0.05) is 13.1 Å². The molecule has 0 heterocycles. The second kappa shape index (κ2) is 8.41.